The Balaban J connectivity index is 1.82. The average Bonchev–Trinajstić information content (AvgIpc) is 2.42. The molecule has 0 amide bonds. The third-order valence-electron chi connectivity index (χ3n) is 5.21. The molecule has 0 radical (unpaired) electrons. The fourth-order valence-electron chi connectivity index (χ4n) is 3.98. The molecule has 2 unspecified atom stereocenters. The Kier molecular flexibility index (Phi) is 3.72. The van der Waals surface area contributed by atoms with Crippen molar-refractivity contribution in [2.45, 2.75) is 64.6 Å². The number of aliphatic hydroxyl groups excluding tert-OH is 1. The standard InChI is InChI=1S/C17H23ClO2/c1-11-8-13(18)9-12(2)16(11)20-15-10-14(19)17(15)6-4-3-5-7-17/h8-9,14-15,19H,3-7,10H2,1-2H3. The number of benzene rings is 1. The fourth-order valence-corrected chi connectivity index (χ4v) is 4.31. The Hall–Kier alpha value is -0.730. The summed E-state index contributed by atoms with van der Waals surface area (Å²) in [6, 6.07) is 3.90. The Labute approximate surface area is 126 Å². The van der Waals surface area contributed by atoms with Gasteiger partial charge in [0, 0.05) is 16.9 Å². The third-order valence-corrected chi connectivity index (χ3v) is 5.43. The van der Waals surface area contributed by atoms with Gasteiger partial charge in [0.15, 0.2) is 0 Å². The van der Waals surface area contributed by atoms with Crippen molar-refractivity contribution in [3.63, 3.8) is 0 Å². The molecule has 1 N–H and O–H groups in total. The van der Waals surface area contributed by atoms with Crippen LogP contribution in [-0.2, 0) is 0 Å². The van der Waals surface area contributed by atoms with Crippen LogP contribution in [0.1, 0.15) is 49.7 Å². The van der Waals surface area contributed by atoms with Crippen molar-refractivity contribution >= 4 is 11.6 Å². The first kappa shape index (κ1) is 14.2. The van der Waals surface area contributed by atoms with E-state index in [2.05, 4.69) is 0 Å². The van der Waals surface area contributed by atoms with Gasteiger partial charge in [0.1, 0.15) is 11.9 Å². The van der Waals surface area contributed by atoms with Gasteiger partial charge in [0.2, 0.25) is 0 Å². The smallest absolute Gasteiger partial charge is 0.125 e. The lowest BCUT2D eigenvalue weighted by Gasteiger charge is -2.55. The van der Waals surface area contributed by atoms with Crippen LogP contribution in [0.4, 0.5) is 0 Å². The molecule has 0 saturated heterocycles. The van der Waals surface area contributed by atoms with Gasteiger partial charge in [0.05, 0.1) is 6.10 Å². The van der Waals surface area contributed by atoms with Crippen LogP contribution in [0.3, 0.4) is 0 Å². The minimum absolute atomic E-state index is 0.0107. The van der Waals surface area contributed by atoms with Crippen LogP contribution in [0, 0.1) is 19.3 Å². The van der Waals surface area contributed by atoms with Gasteiger partial charge in [-0.3, -0.25) is 0 Å². The number of ether oxygens (including phenoxy) is 1. The van der Waals surface area contributed by atoms with Crippen LogP contribution in [-0.4, -0.2) is 17.3 Å². The van der Waals surface area contributed by atoms with Crippen LogP contribution >= 0.6 is 11.6 Å². The quantitative estimate of drug-likeness (QED) is 0.875. The van der Waals surface area contributed by atoms with E-state index in [0.717, 1.165) is 41.2 Å². The van der Waals surface area contributed by atoms with Gasteiger partial charge >= 0.3 is 0 Å². The van der Waals surface area contributed by atoms with Gasteiger partial charge < -0.3 is 9.84 Å². The van der Waals surface area contributed by atoms with Crippen molar-refractivity contribution in [2.24, 2.45) is 5.41 Å². The number of rotatable bonds is 2. The molecule has 20 heavy (non-hydrogen) atoms. The summed E-state index contributed by atoms with van der Waals surface area (Å²) in [7, 11) is 0. The van der Waals surface area contributed by atoms with Crippen LogP contribution in [0.25, 0.3) is 0 Å². The Bertz CT molecular complexity index is 483. The monoisotopic (exact) mass is 294 g/mol. The SMILES string of the molecule is Cc1cc(Cl)cc(C)c1OC1CC(O)C12CCCCC2. The van der Waals surface area contributed by atoms with Crippen molar-refractivity contribution in [2.75, 3.05) is 0 Å². The summed E-state index contributed by atoms with van der Waals surface area (Å²) in [6.45, 7) is 4.08. The van der Waals surface area contributed by atoms with Crippen LogP contribution < -0.4 is 4.74 Å². The van der Waals surface area contributed by atoms with Crippen LogP contribution in [0.15, 0.2) is 12.1 Å². The Morgan fingerprint density at radius 2 is 1.75 bits per heavy atom. The molecule has 2 nitrogen and oxygen atoms in total. The molecule has 0 aliphatic heterocycles. The molecule has 0 aromatic heterocycles. The van der Waals surface area contributed by atoms with Crippen LogP contribution in [0.5, 0.6) is 5.75 Å². The van der Waals surface area contributed by atoms with Gasteiger partial charge in [-0.25, -0.2) is 0 Å². The van der Waals surface area contributed by atoms with Gasteiger partial charge in [0.25, 0.3) is 0 Å². The lowest BCUT2D eigenvalue weighted by atomic mass is 9.56. The van der Waals surface area contributed by atoms with E-state index in [9.17, 15) is 5.11 Å². The maximum Gasteiger partial charge on any atom is 0.125 e. The summed E-state index contributed by atoms with van der Waals surface area (Å²) in [5.41, 5.74) is 2.18. The van der Waals surface area contributed by atoms with Crippen LogP contribution in [0.2, 0.25) is 5.02 Å². The zero-order chi connectivity index (χ0) is 14.3. The van der Waals surface area contributed by atoms with E-state index in [0.29, 0.717) is 0 Å². The normalized spacial score (nSPS) is 28.2. The van der Waals surface area contributed by atoms with Gasteiger partial charge in [-0.15, -0.1) is 0 Å². The molecular weight excluding hydrogens is 272 g/mol. The highest BCUT2D eigenvalue weighted by Gasteiger charge is 2.56. The predicted molar refractivity (Wildman–Crippen MR) is 81.5 cm³/mol. The van der Waals surface area contributed by atoms with E-state index in [1.807, 2.05) is 26.0 Å². The summed E-state index contributed by atoms with van der Waals surface area (Å²) in [6.07, 6.45) is 6.68. The predicted octanol–water partition coefficient (Wildman–Crippen LogP) is 4.42. The average molecular weight is 295 g/mol. The van der Waals surface area contributed by atoms with E-state index >= 15 is 0 Å². The summed E-state index contributed by atoms with van der Waals surface area (Å²) in [4.78, 5) is 0. The summed E-state index contributed by atoms with van der Waals surface area (Å²) < 4.78 is 6.31. The maximum atomic E-state index is 10.3. The number of hydrogen-bond donors (Lipinski definition) is 1. The molecule has 3 heteroatoms. The summed E-state index contributed by atoms with van der Waals surface area (Å²) in [5.74, 6) is 0.955. The lowest BCUT2D eigenvalue weighted by Crippen LogP contribution is -2.60. The first-order valence-corrected chi connectivity index (χ1v) is 8.02. The first-order valence-electron chi connectivity index (χ1n) is 7.64. The van der Waals surface area contributed by atoms with Crippen molar-refractivity contribution < 1.29 is 9.84 Å². The molecule has 0 bridgehead atoms. The molecule has 1 aromatic rings. The highest BCUT2D eigenvalue weighted by molar-refractivity contribution is 6.30. The largest absolute Gasteiger partial charge is 0.489 e. The minimum Gasteiger partial charge on any atom is -0.489 e. The highest BCUT2D eigenvalue weighted by Crippen LogP contribution is 2.53. The van der Waals surface area contributed by atoms with Crippen molar-refractivity contribution in [3.8, 4) is 5.75 Å². The van der Waals surface area contributed by atoms with Gasteiger partial charge in [-0.1, -0.05) is 30.9 Å². The zero-order valence-electron chi connectivity index (χ0n) is 12.3. The fraction of sp³-hybridized carbons (Fsp3) is 0.647. The highest BCUT2D eigenvalue weighted by atomic mass is 35.5. The number of aryl methyl sites for hydroxylation is 2. The second-order valence-corrected chi connectivity index (χ2v) is 6.96. The first-order chi connectivity index (χ1) is 9.53. The van der Waals surface area contributed by atoms with Gasteiger partial charge in [-0.05, 0) is 49.9 Å². The second-order valence-electron chi connectivity index (χ2n) is 6.52. The van der Waals surface area contributed by atoms with E-state index in [1.54, 1.807) is 0 Å². The Morgan fingerprint density at radius 1 is 1.15 bits per heavy atom. The zero-order valence-corrected chi connectivity index (χ0v) is 13.0. The molecule has 3 rings (SSSR count). The molecule has 2 aliphatic rings. The van der Waals surface area contributed by atoms with Gasteiger partial charge in [-0.2, -0.15) is 0 Å². The molecule has 2 atom stereocenters. The van der Waals surface area contributed by atoms with Crippen molar-refractivity contribution in [3.05, 3.63) is 28.3 Å². The second kappa shape index (κ2) is 5.23. The molecular formula is C17H23ClO2. The van der Waals surface area contributed by atoms with E-state index in [-0.39, 0.29) is 17.6 Å². The molecule has 2 saturated carbocycles. The summed E-state index contributed by atoms with van der Waals surface area (Å²) in [5, 5.41) is 11.0. The topological polar surface area (TPSA) is 29.5 Å². The Morgan fingerprint density at radius 3 is 2.30 bits per heavy atom. The molecule has 1 spiro atoms. The molecule has 2 aliphatic carbocycles. The summed E-state index contributed by atoms with van der Waals surface area (Å²) >= 11 is 6.08. The number of aliphatic hydroxyl groups is 1. The molecule has 1 aromatic carbocycles. The van der Waals surface area contributed by atoms with E-state index in [1.165, 1.54) is 19.3 Å². The maximum absolute atomic E-state index is 10.3. The number of hydrogen-bond acceptors (Lipinski definition) is 2. The molecule has 2 fully saturated rings. The molecule has 110 valence electrons. The molecule has 0 heterocycles. The lowest BCUT2D eigenvalue weighted by molar-refractivity contribution is -0.172. The van der Waals surface area contributed by atoms with E-state index in [4.69, 9.17) is 16.3 Å². The number of halogens is 1. The third kappa shape index (κ3) is 2.23. The van der Waals surface area contributed by atoms with Crippen molar-refractivity contribution in [1.82, 2.24) is 0 Å². The minimum atomic E-state index is -0.180. The van der Waals surface area contributed by atoms with Crippen molar-refractivity contribution in [1.29, 1.82) is 0 Å². The van der Waals surface area contributed by atoms with E-state index < -0.39 is 0 Å².